The van der Waals surface area contributed by atoms with E-state index in [4.69, 9.17) is 4.74 Å². The van der Waals surface area contributed by atoms with Gasteiger partial charge >= 0.3 is 6.09 Å². The summed E-state index contributed by atoms with van der Waals surface area (Å²) in [5.41, 5.74) is 0.274. The number of nitrogens with zero attached hydrogens (tertiary/aromatic N) is 6. The number of likely N-dealkylation sites (N-methyl/N-ethyl adjacent to an activating group) is 1. The molecular weight excluding hydrogens is 501 g/mol. The Morgan fingerprint density at radius 3 is 2.60 bits per heavy atom. The Hall–Kier alpha value is -2.05. The number of nitrogens with one attached hydrogen (secondary N) is 1. The molecule has 1 N–H and O–H groups in total. The Morgan fingerprint density at radius 1 is 1.37 bits per heavy atom. The van der Waals surface area contributed by atoms with Gasteiger partial charge in [0, 0.05) is 46.5 Å². The van der Waals surface area contributed by atoms with Gasteiger partial charge in [-0.2, -0.15) is 5.10 Å². The van der Waals surface area contributed by atoms with Crippen molar-refractivity contribution in [3.8, 4) is 0 Å². The van der Waals surface area contributed by atoms with Crippen LogP contribution in [-0.4, -0.2) is 89.5 Å². The summed E-state index contributed by atoms with van der Waals surface area (Å²) in [6.45, 7) is 10.5. The maximum atomic E-state index is 12.6. The predicted octanol–water partition coefficient (Wildman–Crippen LogP) is 1.52. The fourth-order valence-corrected chi connectivity index (χ4v) is 2.84. The number of anilines is 1. The van der Waals surface area contributed by atoms with Gasteiger partial charge in [-0.15, -0.1) is 24.0 Å². The minimum absolute atomic E-state index is 0. The molecule has 1 aliphatic rings. The SMILES string of the molecule is CCNC(=NCCN(C)C(=O)OC(C)(C)C)N1CCN(c2cnn(C)c2)C(=O)C1.I. The van der Waals surface area contributed by atoms with E-state index < -0.39 is 5.60 Å². The number of ether oxygens (including phenoxy) is 1. The molecule has 1 aromatic heterocycles. The van der Waals surface area contributed by atoms with Crippen LogP contribution in [0.25, 0.3) is 0 Å². The van der Waals surface area contributed by atoms with Crippen LogP contribution in [0.15, 0.2) is 17.4 Å². The zero-order chi connectivity index (χ0) is 21.6. The van der Waals surface area contributed by atoms with Gasteiger partial charge in [-0.1, -0.05) is 0 Å². The predicted molar refractivity (Wildman–Crippen MR) is 127 cm³/mol. The molecule has 11 heteroatoms. The van der Waals surface area contributed by atoms with E-state index in [1.54, 1.807) is 22.8 Å². The molecule has 2 amide bonds. The molecule has 1 fully saturated rings. The summed E-state index contributed by atoms with van der Waals surface area (Å²) in [5, 5.41) is 7.36. The van der Waals surface area contributed by atoms with Crippen LogP contribution in [0.1, 0.15) is 27.7 Å². The Labute approximate surface area is 195 Å². The van der Waals surface area contributed by atoms with E-state index in [0.717, 1.165) is 5.69 Å². The number of aryl methyl sites for hydroxylation is 1. The standard InChI is InChI=1S/C19H33N7O3.HI/c1-7-20-17(21-8-9-23(5)18(28)29-19(2,3)4)25-10-11-26(16(27)14-25)15-12-22-24(6)13-15;/h12-13H,7-11,14H2,1-6H3,(H,20,21);1H. The van der Waals surface area contributed by atoms with Crippen molar-refractivity contribution in [2.45, 2.75) is 33.3 Å². The third-order valence-corrected chi connectivity index (χ3v) is 4.26. The molecule has 0 spiro atoms. The Kier molecular flexibility index (Phi) is 9.85. The fourth-order valence-electron chi connectivity index (χ4n) is 2.84. The van der Waals surface area contributed by atoms with Crippen LogP contribution < -0.4 is 10.2 Å². The van der Waals surface area contributed by atoms with Crippen molar-refractivity contribution in [3.63, 3.8) is 0 Å². The van der Waals surface area contributed by atoms with E-state index >= 15 is 0 Å². The Bertz CT molecular complexity index is 745. The zero-order valence-electron chi connectivity index (χ0n) is 18.7. The number of halogens is 1. The second kappa shape index (κ2) is 11.4. The first-order valence-electron chi connectivity index (χ1n) is 9.87. The summed E-state index contributed by atoms with van der Waals surface area (Å²) < 4.78 is 7.03. The number of hydrogen-bond donors (Lipinski definition) is 1. The average molecular weight is 535 g/mol. The third kappa shape index (κ3) is 7.65. The van der Waals surface area contributed by atoms with Gasteiger partial charge in [0.1, 0.15) is 12.1 Å². The van der Waals surface area contributed by atoms with E-state index in [2.05, 4.69) is 15.4 Å². The van der Waals surface area contributed by atoms with Crippen LogP contribution in [0, 0.1) is 0 Å². The smallest absolute Gasteiger partial charge is 0.410 e. The summed E-state index contributed by atoms with van der Waals surface area (Å²) >= 11 is 0. The van der Waals surface area contributed by atoms with Gasteiger partial charge in [0.2, 0.25) is 5.91 Å². The average Bonchev–Trinajstić information content (AvgIpc) is 3.05. The number of aromatic nitrogens is 2. The second-order valence-corrected chi connectivity index (χ2v) is 7.98. The molecule has 0 atom stereocenters. The Balaban J connectivity index is 0.00000450. The lowest BCUT2D eigenvalue weighted by Gasteiger charge is -2.35. The minimum atomic E-state index is -0.530. The van der Waals surface area contributed by atoms with Crippen molar-refractivity contribution >= 4 is 47.6 Å². The summed E-state index contributed by atoms with van der Waals surface area (Å²) in [7, 11) is 3.52. The molecular formula is C19H34IN7O3. The molecule has 170 valence electrons. The van der Waals surface area contributed by atoms with Gasteiger partial charge in [0.25, 0.3) is 0 Å². The second-order valence-electron chi connectivity index (χ2n) is 7.98. The fraction of sp³-hybridized carbons (Fsp3) is 0.684. The van der Waals surface area contributed by atoms with E-state index in [0.29, 0.717) is 38.7 Å². The van der Waals surface area contributed by atoms with Crippen LogP contribution >= 0.6 is 24.0 Å². The number of carbonyl (C=O) groups is 2. The number of rotatable bonds is 5. The first-order chi connectivity index (χ1) is 13.6. The third-order valence-electron chi connectivity index (χ3n) is 4.26. The van der Waals surface area contributed by atoms with Crippen LogP contribution in [0.2, 0.25) is 0 Å². The number of amides is 2. The van der Waals surface area contributed by atoms with Crippen LogP contribution in [0.5, 0.6) is 0 Å². The number of hydrogen-bond acceptors (Lipinski definition) is 5. The topological polar surface area (TPSA) is 95.3 Å². The van der Waals surface area contributed by atoms with Crippen molar-refractivity contribution in [1.82, 2.24) is 24.9 Å². The molecule has 30 heavy (non-hydrogen) atoms. The molecule has 2 rings (SSSR count). The van der Waals surface area contributed by atoms with Gasteiger partial charge < -0.3 is 24.8 Å². The number of guanidine groups is 1. The molecule has 0 unspecified atom stereocenters. The molecule has 0 aromatic carbocycles. The highest BCUT2D eigenvalue weighted by atomic mass is 127. The van der Waals surface area contributed by atoms with Crippen LogP contribution in [0.4, 0.5) is 10.5 Å². The van der Waals surface area contributed by atoms with Crippen molar-refractivity contribution in [1.29, 1.82) is 0 Å². The molecule has 0 aliphatic carbocycles. The monoisotopic (exact) mass is 535 g/mol. The highest BCUT2D eigenvalue weighted by Gasteiger charge is 2.27. The van der Waals surface area contributed by atoms with Crippen LogP contribution in [0.3, 0.4) is 0 Å². The quantitative estimate of drug-likeness (QED) is 0.349. The van der Waals surface area contributed by atoms with Crippen molar-refractivity contribution < 1.29 is 14.3 Å². The lowest BCUT2D eigenvalue weighted by Crippen LogP contribution is -2.55. The maximum Gasteiger partial charge on any atom is 0.410 e. The first kappa shape index (κ1) is 26.0. The molecule has 1 aliphatic heterocycles. The lowest BCUT2D eigenvalue weighted by atomic mass is 10.2. The molecule has 0 saturated carbocycles. The van der Waals surface area contributed by atoms with Crippen molar-refractivity contribution in [2.75, 3.05) is 51.2 Å². The van der Waals surface area contributed by atoms with Gasteiger partial charge in [-0.3, -0.25) is 14.5 Å². The molecule has 10 nitrogen and oxygen atoms in total. The van der Waals surface area contributed by atoms with E-state index in [9.17, 15) is 9.59 Å². The summed E-state index contributed by atoms with van der Waals surface area (Å²) in [4.78, 5) is 34.4. The zero-order valence-corrected chi connectivity index (χ0v) is 21.0. The lowest BCUT2D eigenvalue weighted by molar-refractivity contribution is -0.120. The van der Waals surface area contributed by atoms with E-state index in [-0.39, 0.29) is 42.5 Å². The highest BCUT2D eigenvalue weighted by Crippen LogP contribution is 2.16. The van der Waals surface area contributed by atoms with Gasteiger partial charge in [-0.25, -0.2) is 4.79 Å². The first-order valence-corrected chi connectivity index (χ1v) is 9.87. The molecule has 2 heterocycles. The minimum Gasteiger partial charge on any atom is -0.444 e. The van der Waals surface area contributed by atoms with E-state index in [1.165, 1.54) is 4.90 Å². The number of carbonyl (C=O) groups excluding carboxylic acids is 2. The highest BCUT2D eigenvalue weighted by molar-refractivity contribution is 14.0. The van der Waals surface area contributed by atoms with Gasteiger partial charge in [-0.05, 0) is 27.7 Å². The summed E-state index contributed by atoms with van der Waals surface area (Å²) in [5.74, 6) is 0.671. The van der Waals surface area contributed by atoms with Crippen LogP contribution in [-0.2, 0) is 16.6 Å². The largest absolute Gasteiger partial charge is 0.444 e. The molecule has 0 radical (unpaired) electrons. The molecule has 1 saturated heterocycles. The van der Waals surface area contributed by atoms with Crippen molar-refractivity contribution in [2.24, 2.45) is 12.0 Å². The van der Waals surface area contributed by atoms with Gasteiger partial charge in [0.05, 0.1) is 18.4 Å². The van der Waals surface area contributed by atoms with E-state index in [1.807, 2.05) is 45.8 Å². The molecule has 0 bridgehead atoms. The number of piperazine rings is 1. The van der Waals surface area contributed by atoms with Crippen molar-refractivity contribution in [3.05, 3.63) is 12.4 Å². The maximum absolute atomic E-state index is 12.6. The summed E-state index contributed by atoms with van der Waals surface area (Å²) in [6, 6.07) is 0. The summed E-state index contributed by atoms with van der Waals surface area (Å²) in [6.07, 6.45) is 3.15. The number of aliphatic imine (C=N–C) groups is 1. The Morgan fingerprint density at radius 2 is 2.07 bits per heavy atom. The van der Waals surface area contributed by atoms with Gasteiger partial charge in [0.15, 0.2) is 5.96 Å². The normalized spacial score (nSPS) is 15.0. The molecule has 1 aromatic rings.